The molecule has 0 spiro atoms. The lowest BCUT2D eigenvalue weighted by atomic mass is 10.4. The first-order chi connectivity index (χ1) is 7.79. The molecule has 2 nitrogen and oxygen atoms in total. The molecule has 1 rings (SSSR count). The van der Waals surface area contributed by atoms with Crippen LogP contribution >= 0.6 is 11.6 Å². The zero-order valence-corrected chi connectivity index (χ0v) is 12.4. The van der Waals surface area contributed by atoms with Crippen LogP contribution in [0, 0.1) is 0 Å². The van der Waals surface area contributed by atoms with E-state index < -0.39 is 8.56 Å². The summed E-state index contributed by atoms with van der Waals surface area (Å²) in [6, 6.07) is 1.07. The Hall–Kier alpha value is 0.427. The number of alkyl halides is 1. The van der Waals surface area contributed by atoms with Gasteiger partial charge in [0.15, 0.2) is 0 Å². The van der Waals surface area contributed by atoms with Crippen LogP contribution in [0.2, 0.25) is 11.6 Å². The molecule has 0 aromatic heterocycles. The molecule has 1 fully saturated rings. The van der Waals surface area contributed by atoms with Crippen molar-refractivity contribution in [3.8, 4) is 0 Å². The van der Waals surface area contributed by atoms with Gasteiger partial charge in [0.05, 0.1) is 0 Å². The average molecular weight is 265 g/mol. The summed E-state index contributed by atoms with van der Waals surface area (Å²) in [5.41, 5.74) is 0.704. The third-order valence-corrected chi connectivity index (χ3v) is 8.11. The van der Waals surface area contributed by atoms with Gasteiger partial charge < -0.3 is 8.85 Å². The maximum Gasteiger partial charge on any atom is 0.341 e. The van der Waals surface area contributed by atoms with Crippen molar-refractivity contribution in [1.29, 1.82) is 0 Å². The summed E-state index contributed by atoms with van der Waals surface area (Å²) in [7, 11) is -1.97. The fourth-order valence-electron chi connectivity index (χ4n) is 2.79. The van der Waals surface area contributed by atoms with Crippen molar-refractivity contribution in [2.75, 3.05) is 19.1 Å². The molecular weight excluding hydrogens is 240 g/mol. The van der Waals surface area contributed by atoms with Gasteiger partial charge in [0.2, 0.25) is 0 Å². The maximum atomic E-state index is 6.11. The second-order valence-corrected chi connectivity index (χ2v) is 8.35. The van der Waals surface area contributed by atoms with Crippen molar-refractivity contribution in [2.24, 2.45) is 0 Å². The third-order valence-electron chi connectivity index (χ3n) is 3.41. The van der Waals surface area contributed by atoms with Gasteiger partial charge in [0, 0.05) is 24.6 Å². The van der Waals surface area contributed by atoms with E-state index in [1.165, 1.54) is 25.7 Å². The molecule has 0 amide bonds. The van der Waals surface area contributed by atoms with E-state index in [0.29, 0.717) is 5.54 Å². The van der Waals surface area contributed by atoms with Gasteiger partial charge >= 0.3 is 8.56 Å². The predicted octanol–water partition coefficient (Wildman–Crippen LogP) is 4.07. The van der Waals surface area contributed by atoms with E-state index in [9.17, 15) is 0 Å². The lowest BCUT2D eigenvalue weighted by Crippen LogP contribution is -2.46. The van der Waals surface area contributed by atoms with Crippen LogP contribution in [-0.2, 0) is 8.85 Å². The zero-order chi connectivity index (χ0) is 11.9. The average Bonchev–Trinajstić information content (AvgIpc) is 2.80. The molecular formula is C12H25ClO2Si. The molecule has 0 N–H and O–H groups in total. The molecule has 0 atom stereocenters. The molecule has 1 aliphatic carbocycles. The van der Waals surface area contributed by atoms with E-state index in [-0.39, 0.29) is 0 Å². The normalized spacial score (nSPS) is 18.2. The van der Waals surface area contributed by atoms with Gasteiger partial charge in [-0.2, -0.15) is 0 Å². The molecule has 16 heavy (non-hydrogen) atoms. The minimum Gasteiger partial charge on any atom is -0.394 e. The smallest absolute Gasteiger partial charge is 0.341 e. The quantitative estimate of drug-likeness (QED) is 0.486. The first-order valence-electron chi connectivity index (χ1n) is 6.63. The highest BCUT2D eigenvalue weighted by atomic mass is 35.5. The van der Waals surface area contributed by atoms with Crippen molar-refractivity contribution in [3.63, 3.8) is 0 Å². The standard InChI is InChI=1S/C12H25ClO2Si/c1-3-14-16(15-4-2,11-7-10-13)12-8-5-6-9-12/h12H,3-11H2,1-2H3. The van der Waals surface area contributed by atoms with Crippen molar-refractivity contribution in [1.82, 2.24) is 0 Å². The van der Waals surface area contributed by atoms with Gasteiger partial charge in [-0.15, -0.1) is 11.6 Å². The molecule has 0 aliphatic heterocycles. The van der Waals surface area contributed by atoms with Crippen LogP contribution in [0.1, 0.15) is 46.0 Å². The Balaban J connectivity index is 2.67. The fraction of sp³-hybridized carbons (Fsp3) is 1.00. The zero-order valence-electron chi connectivity index (χ0n) is 10.6. The number of hydrogen-bond donors (Lipinski definition) is 0. The van der Waals surface area contributed by atoms with Crippen molar-refractivity contribution >= 4 is 20.2 Å². The number of halogens is 1. The van der Waals surface area contributed by atoms with E-state index >= 15 is 0 Å². The molecule has 0 aromatic rings. The summed E-state index contributed by atoms with van der Waals surface area (Å²) >= 11 is 5.83. The first-order valence-corrected chi connectivity index (χ1v) is 9.26. The molecule has 1 aliphatic rings. The van der Waals surface area contributed by atoms with Gasteiger partial charge in [0.1, 0.15) is 0 Å². The Labute approximate surface area is 106 Å². The Bertz CT molecular complexity index is 178. The lowest BCUT2D eigenvalue weighted by molar-refractivity contribution is 0.171. The van der Waals surface area contributed by atoms with Crippen LogP contribution in [0.5, 0.6) is 0 Å². The largest absolute Gasteiger partial charge is 0.394 e. The highest BCUT2D eigenvalue weighted by Gasteiger charge is 2.45. The highest BCUT2D eigenvalue weighted by molar-refractivity contribution is 6.69. The summed E-state index contributed by atoms with van der Waals surface area (Å²) in [5.74, 6) is 0.724. The molecule has 0 aromatic carbocycles. The van der Waals surface area contributed by atoms with Crippen molar-refractivity contribution < 1.29 is 8.85 Å². The lowest BCUT2D eigenvalue weighted by Gasteiger charge is -2.35. The van der Waals surface area contributed by atoms with Crippen LogP contribution in [0.4, 0.5) is 0 Å². The van der Waals surface area contributed by atoms with E-state index in [1.54, 1.807) is 0 Å². The van der Waals surface area contributed by atoms with Crippen LogP contribution < -0.4 is 0 Å². The van der Waals surface area contributed by atoms with Crippen molar-refractivity contribution in [3.05, 3.63) is 0 Å². The summed E-state index contributed by atoms with van der Waals surface area (Å²) in [6.45, 7) is 5.73. The van der Waals surface area contributed by atoms with Crippen LogP contribution in [-0.4, -0.2) is 27.7 Å². The van der Waals surface area contributed by atoms with E-state index in [1.807, 2.05) is 0 Å². The highest BCUT2D eigenvalue weighted by Crippen LogP contribution is 2.42. The first kappa shape index (κ1) is 14.5. The SMILES string of the molecule is CCO[Si](CCCCl)(OCC)C1CCCC1. The molecule has 0 radical (unpaired) electrons. The van der Waals surface area contributed by atoms with E-state index in [2.05, 4.69) is 13.8 Å². The topological polar surface area (TPSA) is 18.5 Å². The van der Waals surface area contributed by atoms with Gasteiger partial charge in [-0.1, -0.05) is 12.8 Å². The van der Waals surface area contributed by atoms with Crippen LogP contribution in [0.25, 0.3) is 0 Å². The number of rotatable bonds is 8. The minimum absolute atomic E-state index is 0.704. The Kier molecular flexibility index (Phi) is 6.97. The summed E-state index contributed by atoms with van der Waals surface area (Å²) < 4.78 is 12.2. The van der Waals surface area contributed by atoms with Crippen molar-refractivity contribution in [2.45, 2.75) is 57.5 Å². The second kappa shape index (κ2) is 7.70. The number of hydrogen-bond acceptors (Lipinski definition) is 2. The molecule has 0 bridgehead atoms. The molecule has 96 valence electrons. The fourth-order valence-corrected chi connectivity index (χ4v) is 7.34. The van der Waals surface area contributed by atoms with E-state index in [4.69, 9.17) is 20.5 Å². The maximum absolute atomic E-state index is 6.11. The summed E-state index contributed by atoms with van der Waals surface area (Å²) in [6.07, 6.45) is 6.33. The Morgan fingerprint density at radius 3 is 2.12 bits per heavy atom. The Morgan fingerprint density at radius 2 is 1.69 bits per heavy atom. The summed E-state index contributed by atoms with van der Waals surface area (Å²) in [4.78, 5) is 0. The van der Waals surface area contributed by atoms with Gasteiger partial charge in [-0.25, -0.2) is 0 Å². The predicted molar refractivity (Wildman–Crippen MR) is 71.4 cm³/mol. The molecule has 1 saturated carbocycles. The minimum atomic E-state index is -1.97. The second-order valence-electron chi connectivity index (χ2n) is 4.45. The molecule has 0 heterocycles. The molecule has 0 unspecified atom stereocenters. The van der Waals surface area contributed by atoms with Crippen LogP contribution in [0.15, 0.2) is 0 Å². The summed E-state index contributed by atoms with van der Waals surface area (Å²) in [5, 5.41) is 0. The third kappa shape index (κ3) is 3.72. The van der Waals surface area contributed by atoms with Gasteiger partial charge in [-0.3, -0.25) is 0 Å². The Morgan fingerprint density at radius 1 is 1.12 bits per heavy atom. The van der Waals surface area contributed by atoms with Gasteiger partial charge in [0.25, 0.3) is 0 Å². The monoisotopic (exact) mass is 264 g/mol. The van der Waals surface area contributed by atoms with E-state index in [0.717, 1.165) is 31.6 Å². The van der Waals surface area contributed by atoms with Gasteiger partial charge in [-0.05, 0) is 39.2 Å². The molecule has 4 heteroatoms. The van der Waals surface area contributed by atoms with Crippen LogP contribution in [0.3, 0.4) is 0 Å². The molecule has 0 saturated heterocycles.